The van der Waals surface area contributed by atoms with Crippen molar-refractivity contribution in [3.63, 3.8) is 0 Å². The third-order valence-electron chi connectivity index (χ3n) is 6.84. The van der Waals surface area contributed by atoms with Gasteiger partial charge in [-0.2, -0.15) is 0 Å². The summed E-state index contributed by atoms with van der Waals surface area (Å²) in [6, 6.07) is 17.1. The van der Waals surface area contributed by atoms with Crippen molar-refractivity contribution in [2.45, 2.75) is 38.3 Å². The highest BCUT2D eigenvalue weighted by atomic mass is 35.5. The van der Waals surface area contributed by atoms with Crippen LogP contribution in [-0.2, 0) is 16.0 Å². The molecule has 0 spiro atoms. The molecule has 0 aliphatic carbocycles. The summed E-state index contributed by atoms with van der Waals surface area (Å²) >= 11 is 6.12. The number of halogens is 1. The van der Waals surface area contributed by atoms with Crippen molar-refractivity contribution in [3.8, 4) is 0 Å². The molecule has 1 aromatic heterocycles. The van der Waals surface area contributed by atoms with Gasteiger partial charge in [0.1, 0.15) is 5.88 Å². The Morgan fingerprint density at radius 2 is 1.88 bits per heavy atom. The maximum absolute atomic E-state index is 13.1. The van der Waals surface area contributed by atoms with Gasteiger partial charge in [0.2, 0.25) is 5.91 Å². The molecule has 168 valence electrons. The Kier molecular flexibility index (Phi) is 6.11. The molecule has 5 rings (SSSR count). The van der Waals surface area contributed by atoms with Crippen molar-refractivity contribution < 1.29 is 9.53 Å². The number of morpholine rings is 1. The summed E-state index contributed by atoms with van der Waals surface area (Å²) in [5.74, 6) is -0.00492. The zero-order chi connectivity index (χ0) is 22.1. The second-order valence-electron chi connectivity index (χ2n) is 8.74. The largest absolute Gasteiger partial charge is 0.378 e. The number of benzene rings is 2. The summed E-state index contributed by atoms with van der Waals surface area (Å²) < 4.78 is 5.49. The normalized spacial score (nSPS) is 21.1. The van der Waals surface area contributed by atoms with Gasteiger partial charge in [0.05, 0.1) is 19.3 Å². The van der Waals surface area contributed by atoms with Crippen LogP contribution in [0.15, 0.2) is 48.5 Å². The molecule has 2 aromatic carbocycles. The molecule has 1 saturated heterocycles. The molecule has 6 heteroatoms. The van der Waals surface area contributed by atoms with E-state index in [2.05, 4.69) is 65.3 Å². The molecular formula is C26H30ClN3O2. The topological polar surface area (TPSA) is 48.6 Å². The molecule has 3 heterocycles. The number of rotatable bonds is 5. The first-order valence-electron chi connectivity index (χ1n) is 11.6. The molecule has 0 unspecified atom stereocenters. The van der Waals surface area contributed by atoms with Crippen molar-refractivity contribution in [3.05, 3.63) is 65.4 Å². The summed E-state index contributed by atoms with van der Waals surface area (Å²) in [4.78, 5) is 21.2. The molecule has 1 amide bonds. The highest BCUT2D eigenvalue weighted by molar-refractivity contribution is 6.27. The Morgan fingerprint density at radius 1 is 1.12 bits per heavy atom. The first kappa shape index (κ1) is 21.4. The number of anilines is 1. The average Bonchev–Trinajstić information content (AvgIpc) is 3.22. The number of aromatic nitrogens is 1. The van der Waals surface area contributed by atoms with Crippen molar-refractivity contribution >= 4 is 34.1 Å². The Bertz CT molecular complexity index is 1090. The van der Waals surface area contributed by atoms with Crippen LogP contribution < -0.4 is 4.90 Å². The summed E-state index contributed by atoms with van der Waals surface area (Å²) in [6.07, 6.45) is 2.85. The molecule has 2 atom stereocenters. The number of alkyl halides is 1. The highest BCUT2D eigenvalue weighted by Crippen LogP contribution is 2.42. The lowest BCUT2D eigenvalue weighted by molar-refractivity contribution is -0.133. The quantitative estimate of drug-likeness (QED) is 0.562. The number of H-pyrrole nitrogens is 1. The van der Waals surface area contributed by atoms with Gasteiger partial charge in [0.15, 0.2) is 0 Å². The minimum atomic E-state index is -0.160. The molecule has 0 saturated carbocycles. The van der Waals surface area contributed by atoms with Crippen molar-refractivity contribution in [1.82, 2.24) is 9.88 Å². The second-order valence-corrected chi connectivity index (χ2v) is 9.00. The number of ether oxygens (including phenoxy) is 1. The van der Waals surface area contributed by atoms with E-state index in [1.165, 1.54) is 16.6 Å². The van der Waals surface area contributed by atoms with E-state index in [1.807, 2.05) is 4.90 Å². The van der Waals surface area contributed by atoms with Crippen LogP contribution in [0.5, 0.6) is 0 Å². The van der Waals surface area contributed by atoms with Crippen LogP contribution in [0.3, 0.4) is 0 Å². The molecule has 1 N–H and O–H groups in total. The number of hydrogen-bond acceptors (Lipinski definition) is 3. The van der Waals surface area contributed by atoms with E-state index < -0.39 is 0 Å². The Labute approximate surface area is 194 Å². The molecule has 2 aliphatic rings. The monoisotopic (exact) mass is 451 g/mol. The van der Waals surface area contributed by atoms with E-state index in [0.717, 1.165) is 62.3 Å². The zero-order valence-electron chi connectivity index (χ0n) is 18.5. The number of carbonyl (C=O) groups excluding carboxylic acids is 1. The van der Waals surface area contributed by atoms with Gasteiger partial charge in [-0.3, -0.25) is 4.79 Å². The minimum Gasteiger partial charge on any atom is -0.378 e. The maximum Gasteiger partial charge on any atom is 0.238 e. The van der Waals surface area contributed by atoms with Crippen molar-refractivity contribution in [2.24, 2.45) is 0 Å². The predicted molar refractivity (Wildman–Crippen MR) is 130 cm³/mol. The number of aromatic amines is 1. The Hall–Kier alpha value is -2.50. The third-order valence-corrected chi connectivity index (χ3v) is 7.07. The zero-order valence-corrected chi connectivity index (χ0v) is 19.3. The third kappa shape index (κ3) is 3.78. The van der Waals surface area contributed by atoms with E-state index in [9.17, 15) is 4.79 Å². The number of fused-ring (bicyclic) bond motifs is 3. The number of nitrogens with zero attached hydrogens (tertiary/aromatic N) is 2. The maximum atomic E-state index is 13.1. The van der Waals surface area contributed by atoms with Gasteiger partial charge in [0, 0.05) is 41.4 Å². The van der Waals surface area contributed by atoms with Gasteiger partial charge >= 0.3 is 0 Å². The van der Waals surface area contributed by atoms with E-state index in [1.54, 1.807) is 0 Å². The molecular weight excluding hydrogens is 422 g/mol. The van der Waals surface area contributed by atoms with Gasteiger partial charge in [-0.15, -0.1) is 11.6 Å². The minimum absolute atomic E-state index is 0.00185. The van der Waals surface area contributed by atoms with Crippen LogP contribution in [0.4, 0.5) is 5.69 Å². The SMILES string of the molecule is CCC[C@H]1Cc2c([nH]c3ccccc23)[C@H](c2ccc(N3CCOCC3)cc2)N1C(=O)CCl. The first-order chi connectivity index (χ1) is 15.7. The van der Waals surface area contributed by atoms with Crippen LogP contribution in [0.25, 0.3) is 10.9 Å². The standard InChI is InChI=1S/C26H30ClN3O2/c1-2-5-20-16-22-21-6-3-4-7-23(21)28-25(22)26(30(20)24(31)17-27)18-8-10-19(11-9-18)29-12-14-32-15-13-29/h3-4,6-11,20,26,28H,2,5,12-17H2,1H3/t20-,26-/m0/s1. The van der Waals surface area contributed by atoms with Crippen LogP contribution >= 0.6 is 11.6 Å². The van der Waals surface area contributed by atoms with Gasteiger partial charge in [-0.05, 0) is 42.2 Å². The van der Waals surface area contributed by atoms with Crippen LogP contribution in [0.1, 0.15) is 42.6 Å². The molecule has 0 bridgehead atoms. The number of hydrogen-bond donors (Lipinski definition) is 1. The van der Waals surface area contributed by atoms with Gasteiger partial charge in [-0.25, -0.2) is 0 Å². The van der Waals surface area contributed by atoms with E-state index in [0.29, 0.717) is 0 Å². The second kappa shape index (κ2) is 9.16. The van der Waals surface area contributed by atoms with Crippen molar-refractivity contribution in [2.75, 3.05) is 37.1 Å². The molecule has 1 fully saturated rings. The van der Waals surface area contributed by atoms with E-state index in [-0.39, 0.29) is 23.9 Å². The summed E-state index contributed by atoms with van der Waals surface area (Å²) in [6.45, 7) is 5.52. The van der Waals surface area contributed by atoms with E-state index >= 15 is 0 Å². The predicted octanol–water partition coefficient (Wildman–Crippen LogP) is 4.89. The molecule has 2 aliphatic heterocycles. The Morgan fingerprint density at radius 3 is 2.59 bits per heavy atom. The van der Waals surface area contributed by atoms with Crippen LogP contribution in [-0.4, -0.2) is 54.0 Å². The van der Waals surface area contributed by atoms with Crippen LogP contribution in [0, 0.1) is 0 Å². The summed E-state index contributed by atoms with van der Waals surface area (Å²) in [5, 5.41) is 1.26. The summed E-state index contributed by atoms with van der Waals surface area (Å²) in [5.41, 5.74) is 5.90. The first-order valence-corrected chi connectivity index (χ1v) is 12.1. The fourth-order valence-corrected chi connectivity index (χ4v) is 5.50. The summed E-state index contributed by atoms with van der Waals surface area (Å²) in [7, 11) is 0. The number of nitrogens with one attached hydrogen (secondary N) is 1. The fourth-order valence-electron chi connectivity index (χ4n) is 5.37. The van der Waals surface area contributed by atoms with Gasteiger partial charge in [0.25, 0.3) is 0 Å². The fraction of sp³-hybridized carbons (Fsp3) is 0.423. The highest BCUT2D eigenvalue weighted by Gasteiger charge is 2.39. The lowest BCUT2D eigenvalue weighted by atomic mass is 9.86. The molecule has 3 aromatic rings. The lowest BCUT2D eigenvalue weighted by Crippen LogP contribution is -2.48. The van der Waals surface area contributed by atoms with Gasteiger partial charge < -0.3 is 19.5 Å². The Balaban J connectivity index is 1.60. The average molecular weight is 452 g/mol. The smallest absolute Gasteiger partial charge is 0.238 e. The molecule has 0 radical (unpaired) electrons. The number of para-hydroxylation sites is 1. The molecule has 5 nitrogen and oxygen atoms in total. The van der Waals surface area contributed by atoms with Gasteiger partial charge in [-0.1, -0.05) is 43.7 Å². The van der Waals surface area contributed by atoms with E-state index in [4.69, 9.17) is 16.3 Å². The van der Waals surface area contributed by atoms with Crippen molar-refractivity contribution in [1.29, 1.82) is 0 Å². The van der Waals surface area contributed by atoms with Crippen LogP contribution in [0.2, 0.25) is 0 Å². The number of amides is 1. The lowest BCUT2D eigenvalue weighted by Gasteiger charge is -2.42. The molecule has 32 heavy (non-hydrogen) atoms. The number of carbonyl (C=O) groups is 1.